The first-order chi connectivity index (χ1) is 16.2. The maximum Gasteiger partial charge on any atom is 0.330 e. The molecule has 2 aromatic carbocycles. The zero-order valence-corrected chi connectivity index (χ0v) is 20.1. The lowest BCUT2D eigenvalue weighted by molar-refractivity contribution is -0.141. The van der Waals surface area contributed by atoms with Crippen molar-refractivity contribution in [2.45, 2.75) is 51.0 Å². The average Bonchev–Trinajstić information content (AvgIpc) is 2.82. The molecule has 0 heterocycles. The van der Waals surface area contributed by atoms with Crippen molar-refractivity contribution in [3.8, 4) is 5.75 Å². The fourth-order valence-corrected chi connectivity index (χ4v) is 4.12. The minimum atomic E-state index is -0.463. The van der Waals surface area contributed by atoms with Gasteiger partial charge in [0.25, 0.3) is 0 Å². The summed E-state index contributed by atoms with van der Waals surface area (Å²) in [6, 6.07) is 12.3. The number of hydrogen-bond donors (Lipinski definition) is 2. The molecule has 34 heavy (non-hydrogen) atoms. The van der Waals surface area contributed by atoms with Crippen molar-refractivity contribution in [3.63, 3.8) is 0 Å². The highest BCUT2D eigenvalue weighted by Crippen LogP contribution is 2.30. The predicted molar refractivity (Wildman–Crippen MR) is 133 cm³/mol. The molecule has 7 heteroatoms. The van der Waals surface area contributed by atoms with Crippen molar-refractivity contribution in [2.75, 3.05) is 25.2 Å². The molecule has 1 saturated carbocycles. The van der Waals surface area contributed by atoms with Crippen LogP contribution in [0.25, 0.3) is 6.08 Å². The molecule has 0 unspecified atom stereocenters. The van der Waals surface area contributed by atoms with Crippen molar-refractivity contribution < 1.29 is 23.8 Å². The molecule has 4 N–H and O–H groups in total. The van der Waals surface area contributed by atoms with Crippen LogP contribution >= 0.6 is 0 Å². The van der Waals surface area contributed by atoms with Gasteiger partial charge in [-0.15, -0.1) is 0 Å². The fraction of sp³-hybridized carbons (Fsp3) is 0.407. The van der Waals surface area contributed by atoms with Gasteiger partial charge in [0.1, 0.15) is 12.4 Å². The van der Waals surface area contributed by atoms with Crippen LogP contribution in [-0.2, 0) is 24.5 Å². The maximum atomic E-state index is 12.4. The molecule has 0 aromatic heterocycles. The number of nitrogen functional groups attached to an aromatic ring is 2. The molecule has 0 radical (unpaired) electrons. The van der Waals surface area contributed by atoms with Crippen LogP contribution in [0.5, 0.6) is 5.75 Å². The van der Waals surface area contributed by atoms with E-state index in [1.165, 1.54) is 6.08 Å². The second-order valence-electron chi connectivity index (χ2n) is 9.37. The summed E-state index contributed by atoms with van der Waals surface area (Å²) in [7, 11) is 1.71. The van der Waals surface area contributed by atoms with Gasteiger partial charge in [0.05, 0.1) is 12.0 Å². The summed E-state index contributed by atoms with van der Waals surface area (Å²) in [4.78, 5) is 24.6. The SMILES string of the molecule is COC1CCC(C(=O)Oc2ccc(/C=C/C(=O)OCC(C)(C)c3ccc(N)cc3N)cc2)CC1. The van der Waals surface area contributed by atoms with Crippen molar-refractivity contribution in [1.82, 2.24) is 0 Å². The van der Waals surface area contributed by atoms with Gasteiger partial charge in [0, 0.05) is 30.0 Å². The molecule has 182 valence electrons. The Morgan fingerprint density at radius 1 is 1.03 bits per heavy atom. The molecular weight excluding hydrogens is 432 g/mol. The zero-order chi connectivity index (χ0) is 24.7. The second-order valence-corrected chi connectivity index (χ2v) is 9.37. The Kier molecular flexibility index (Phi) is 8.34. The number of esters is 2. The van der Waals surface area contributed by atoms with Gasteiger partial charge >= 0.3 is 11.9 Å². The number of ether oxygens (including phenoxy) is 3. The van der Waals surface area contributed by atoms with Crippen molar-refractivity contribution in [2.24, 2.45) is 5.92 Å². The number of benzene rings is 2. The summed E-state index contributed by atoms with van der Waals surface area (Å²) in [5.41, 5.74) is 14.2. The third-order valence-corrected chi connectivity index (χ3v) is 6.23. The molecule has 3 rings (SSSR count). The van der Waals surface area contributed by atoms with Crippen LogP contribution in [0.2, 0.25) is 0 Å². The first-order valence-electron chi connectivity index (χ1n) is 11.5. The van der Waals surface area contributed by atoms with E-state index < -0.39 is 11.4 Å². The third kappa shape index (κ3) is 6.84. The highest BCUT2D eigenvalue weighted by Gasteiger charge is 2.28. The van der Waals surface area contributed by atoms with E-state index in [2.05, 4.69) is 0 Å². The molecule has 0 atom stereocenters. The van der Waals surface area contributed by atoms with E-state index in [4.69, 9.17) is 25.7 Å². The molecule has 2 aromatic rings. The maximum absolute atomic E-state index is 12.4. The number of methoxy groups -OCH3 is 1. The van der Waals surface area contributed by atoms with Crippen LogP contribution in [0.1, 0.15) is 50.7 Å². The number of carbonyl (C=O) groups is 2. The topological polar surface area (TPSA) is 114 Å². The fourth-order valence-electron chi connectivity index (χ4n) is 4.12. The Bertz CT molecular complexity index is 1020. The smallest absolute Gasteiger partial charge is 0.330 e. The standard InChI is InChI=1S/C27H34N2O5/c1-27(2,23-14-9-20(28)16-24(23)29)17-33-25(30)15-6-18-4-10-22(11-5-18)34-26(31)19-7-12-21(32-3)13-8-19/h4-6,9-11,14-16,19,21H,7-8,12-13,17,28-29H2,1-3H3/b15-6+. The molecule has 1 fully saturated rings. The van der Waals surface area contributed by atoms with Gasteiger partial charge in [-0.05, 0) is 67.2 Å². The summed E-state index contributed by atoms with van der Waals surface area (Å²) in [6.45, 7) is 4.08. The van der Waals surface area contributed by atoms with E-state index >= 15 is 0 Å². The molecule has 0 amide bonds. The summed E-state index contributed by atoms with van der Waals surface area (Å²) in [6.07, 6.45) is 6.58. The largest absolute Gasteiger partial charge is 0.462 e. The lowest BCUT2D eigenvalue weighted by atomic mass is 9.84. The highest BCUT2D eigenvalue weighted by molar-refractivity contribution is 5.87. The first-order valence-corrected chi connectivity index (χ1v) is 11.5. The Morgan fingerprint density at radius 2 is 1.71 bits per heavy atom. The summed E-state index contributed by atoms with van der Waals surface area (Å²) in [5.74, 6) is -0.259. The van der Waals surface area contributed by atoms with E-state index in [9.17, 15) is 9.59 Å². The number of carbonyl (C=O) groups excluding carboxylic acids is 2. The molecule has 1 aliphatic carbocycles. The molecular formula is C27H34N2O5. The minimum Gasteiger partial charge on any atom is -0.462 e. The molecule has 0 spiro atoms. The van der Waals surface area contributed by atoms with Crippen LogP contribution in [0.15, 0.2) is 48.5 Å². The van der Waals surface area contributed by atoms with Gasteiger partial charge in [-0.1, -0.05) is 32.0 Å². The van der Waals surface area contributed by atoms with Crippen LogP contribution in [-0.4, -0.2) is 31.8 Å². The number of anilines is 2. The van der Waals surface area contributed by atoms with Gasteiger partial charge in [-0.3, -0.25) is 4.79 Å². The summed E-state index contributed by atoms with van der Waals surface area (Å²) in [5, 5.41) is 0. The van der Waals surface area contributed by atoms with Crippen LogP contribution < -0.4 is 16.2 Å². The average molecular weight is 467 g/mol. The Hall–Kier alpha value is -3.32. The Labute approximate surface area is 201 Å². The first kappa shape index (κ1) is 25.3. The van der Waals surface area contributed by atoms with Gasteiger partial charge in [-0.25, -0.2) is 4.79 Å². The van der Waals surface area contributed by atoms with E-state index in [0.717, 1.165) is 36.8 Å². The molecule has 0 bridgehead atoms. The summed E-state index contributed by atoms with van der Waals surface area (Å²) < 4.78 is 16.3. The zero-order valence-electron chi connectivity index (χ0n) is 20.1. The minimum absolute atomic E-state index is 0.0893. The quantitative estimate of drug-likeness (QED) is 0.255. The van der Waals surface area contributed by atoms with Crippen molar-refractivity contribution in [3.05, 3.63) is 59.7 Å². The molecule has 0 aliphatic heterocycles. The van der Waals surface area contributed by atoms with Crippen LogP contribution in [0.3, 0.4) is 0 Å². The Balaban J connectivity index is 1.49. The number of hydrogen-bond acceptors (Lipinski definition) is 7. The number of rotatable bonds is 8. The van der Waals surface area contributed by atoms with E-state index in [0.29, 0.717) is 17.1 Å². The number of nitrogens with two attached hydrogens (primary N) is 2. The van der Waals surface area contributed by atoms with E-state index in [-0.39, 0.29) is 24.6 Å². The van der Waals surface area contributed by atoms with Gasteiger partial charge in [0.15, 0.2) is 0 Å². The third-order valence-electron chi connectivity index (χ3n) is 6.23. The molecule has 1 aliphatic rings. The van der Waals surface area contributed by atoms with Gasteiger partial charge < -0.3 is 25.7 Å². The van der Waals surface area contributed by atoms with Crippen LogP contribution in [0, 0.1) is 5.92 Å². The van der Waals surface area contributed by atoms with Crippen molar-refractivity contribution >= 4 is 29.4 Å². The van der Waals surface area contributed by atoms with E-state index in [1.807, 2.05) is 19.9 Å². The summed E-state index contributed by atoms with van der Waals surface area (Å²) >= 11 is 0. The van der Waals surface area contributed by atoms with Crippen molar-refractivity contribution in [1.29, 1.82) is 0 Å². The molecule has 0 saturated heterocycles. The lowest BCUT2D eigenvalue weighted by Gasteiger charge is -2.26. The Morgan fingerprint density at radius 3 is 2.32 bits per heavy atom. The molecule has 7 nitrogen and oxygen atoms in total. The lowest BCUT2D eigenvalue weighted by Crippen LogP contribution is -2.28. The monoisotopic (exact) mass is 466 g/mol. The highest BCUT2D eigenvalue weighted by atomic mass is 16.5. The van der Waals surface area contributed by atoms with E-state index in [1.54, 1.807) is 49.6 Å². The van der Waals surface area contributed by atoms with Crippen LogP contribution in [0.4, 0.5) is 11.4 Å². The van der Waals surface area contributed by atoms with Gasteiger partial charge in [-0.2, -0.15) is 0 Å². The van der Waals surface area contributed by atoms with Gasteiger partial charge in [0.2, 0.25) is 0 Å². The predicted octanol–water partition coefficient (Wildman–Crippen LogP) is 4.50. The normalized spacial score (nSPS) is 18.6. The second kappa shape index (κ2) is 11.2.